The Morgan fingerprint density at radius 2 is 1.79 bits per heavy atom. The van der Waals surface area contributed by atoms with Crippen molar-refractivity contribution in [2.45, 2.75) is 26.3 Å². The molecule has 0 unspecified atom stereocenters. The molecule has 0 aliphatic rings. The third-order valence-electron chi connectivity index (χ3n) is 5.32. The van der Waals surface area contributed by atoms with Gasteiger partial charge in [-0.25, -0.2) is 4.98 Å². The summed E-state index contributed by atoms with van der Waals surface area (Å²) in [5, 5.41) is 6.29. The number of fused-ring (bicyclic) bond motifs is 1. The van der Waals surface area contributed by atoms with E-state index >= 15 is 0 Å². The summed E-state index contributed by atoms with van der Waals surface area (Å²) in [4.78, 5) is 29.8. The molecule has 6 nitrogen and oxygen atoms in total. The van der Waals surface area contributed by atoms with E-state index in [1.807, 2.05) is 60.0 Å². The number of amides is 2. The number of hydrogen-bond acceptors (Lipinski definition) is 3. The van der Waals surface area contributed by atoms with Gasteiger partial charge in [0, 0.05) is 18.7 Å². The first-order valence-electron chi connectivity index (χ1n) is 10.8. The average Bonchev–Trinajstić information content (AvgIpc) is 3.14. The summed E-state index contributed by atoms with van der Waals surface area (Å²) in [7, 11) is 0. The van der Waals surface area contributed by atoms with Gasteiger partial charge in [0.1, 0.15) is 12.4 Å². The van der Waals surface area contributed by atoms with Crippen LogP contribution in [0.25, 0.3) is 11.0 Å². The SMILES string of the molecule is Cc1cccc(NC(=O)Cn2c(CCCNC(=O)c3ccccc3Cl)nc3ccccc32)c1. The number of anilines is 1. The molecule has 3 aromatic carbocycles. The van der Waals surface area contributed by atoms with Gasteiger partial charge in [0.25, 0.3) is 5.91 Å². The zero-order valence-electron chi connectivity index (χ0n) is 18.3. The molecule has 7 heteroatoms. The van der Waals surface area contributed by atoms with Crippen molar-refractivity contribution in [2.24, 2.45) is 0 Å². The summed E-state index contributed by atoms with van der Waals surface area (Å²) >= 11 is 6.10. The van der Waals surface area contributed by atoms with Gasteiger partial charge in [-0.05, 0) is 55.3 Å². The fourth-order valence-corrected chi connectivity index (χ4v) is 3.97. The van der Waals surface area contributed by atoms with E-state index in [0.717, 1.165) is 28.1 Å². The molecule has 1 aromatic heterocycles. The Morgan fingerprint density at radius 1 is 1.00 bits per heavy atom. The molecule has 0 bridgehead atoms. The second kappa shape index (κ2) is 10.3. The highest BCUT2D eigenvalue weighted by atomic mass is 35.5. The lowest BCUT2D eigenvalue weighted by atomic mass is 10.2. The van der Waals surface area contributed by atoms with Crippen LogP contribution in [0, 0.1) is 6.92 Å². The second-order valence-electron chi connectivity index (χ2n) is 7.86. The normalized spacial score (nSPS) is 10.8. The lowest BCUT2D eigenvalue weighted by Crippen LogP contribution is -2.25. The Morgan fingerprint density at radius 3 is 2.61 bits per heavy atom. The summed E-state index contributed by atoms with van der Waals surface area (Å²) in [5.41, 5.74) is 4.07. The van der Waals surface area contributed by atoms with Gasteiger partial charge in [-0.1, -0.05) is 48.0 Å². The number of carbonyl (C=O) groups is 2. The van der Waals surface area contributed by atoms with Crippen LogP contribution in [0.3, 0.4) is 0 Å². The molecule has 4 rings (SSSR count). The smallest absolute Gasteiger partial charge is 0.252 e. The number of hydrogen-bond donors (Lipinski definition) is 2. The predicted octanol–water partition coefficient (Wildman–Crippen LogP) is 5.00. The van der Waals surface area contributed by atoms with Crippen LogP contribution < -0.4 is 10.6 Å². The van der Waals surface area contributed by atoms with E-state index in [4.69, 9.17) is 16.6 Å². The topological polar surface area (TPSA) is 76.0 Å². The molecule has 0 spiro atoms. The van der Waals surface area contributed by atoms with Gasteiger partial charge in [-0.15, -0.1) is 0 Å². The van der Waals surface area contributed by atoms with E-state index in [1.165, 1.54) is 0 Å². The Balaban J connectivity index is 1.42. The second-order valence-corrected chi connectivity index (χ2v) is 8.27. The first kappa shape index (κ1) is 22.6. The number of nitrogens with one attached hydrogen (secondary N) is 2. The van der Waals surface area contributed by atoms with E-state index in [2.05, 4.69) is 10.6 Å². The molecule has 4 aromatic rings. The van der Waals surface area contributed by atoms with Crippen LogP contribution >= 0.6 is 11.6 Å². The summed E-state index contributed by atoms with van der Waals surface area (Å²) < 4.78 is 1.94. The molecule has 0 atom stereocenters. The van der Waals surface area contributed by atoms with Gasteiger partial charge in [0.05, 0.1) is 21.6 Å². The molecule has 0 aliphatic carbocycles. The highest BCUT2D eigenvalue weighted by molar-refractivity contribution is 6.33. The van der Waals surface area contributed by atoms with Crippen molar-refractivity contribution < 1.29 is 9.59 Å². The molecule has 0 fully saturated rings. The summed E-state index contributed by atoms with van der Waals surface area (Å²) in [5.74, 6) is 0.492. The molecular weight excluding hydrogens is 436 g/mol. The number of halogens is 1. The highest BCUT2D eigenvalue weighted by Crippen LogP contribution is 2.18. The fourth-order valence-electron chi connectivity index (χ4n) is 3.75. The van der Waals surface area contributed by atoms with E-state index in [1.54, 1.807) is 24.3 Å². The number of imidazole rings is 1. The first-order valence-corrected chi connectivity index (χ1v) is 11.2. The Kier molecular flexibility index (Phi) is 7.05. The van der Waals surface area contributed by atoms with Crippen LogP contribution in [-0.4, -0.2) is 27.9 Å². The molecular formula is C26H25ClN4O2. The number of rotatable bonds is 8. The number of aryl methyl sites for hydroxylation is 2. The lowest BCUT2D eigenvalue weighted by molar-refractivity contribution is -0.116. The largest absolute Gasteiger partial charge is 0.352 e. The Hall–Kier alpha value is -3.64. The van der Waals surface area contributed by atoms with Crippen molar-refractivity contribution in [2.75, 3.05) is 11.9 Å². The molecule has 168 valence electrons. The number of para-hydroxylation sites is 2. The molecule has 2 amide bonds. The molecule has 1 heterocycles. The van der Waals surface area contributed by atoms with Gasteiger partial charge in [0.15, 0.2) is 0 Å². The molecule has 0 radical (unpaired) electrons. The minimum atomic E-state index is -0.202. The lowest BCUT2D eigenvalue weighted by Gasteiger charge is -2.11. The molecule has 2 N–H and O–H groups in total. The Labute approximate surface area is 197 Å². The quantitative estimate of drug-likeness (QED) is 0.363. The average molecular weight is 461 g/mol. The third-order valence-corrected chi connectivity index (χ3v) is 5.65. The van der Waals surface area contributed by atoms with Crippen molar-refractivity contribution in [1.82, 2.24) is 14.9 Å². The van der Waals surface area contributed by atoms with E-state index < -0.39 is 0 Å². The Bertz CT molecular complexity index is 1300. The van der Waals surface area contributed by atoms with E-state index in [0.29, 0.717) is 30.0 Å². The van der Waals surface area contributed by atoms with Gasteiger partial charge >= 0.3 is 0 Å². The van der Waals surface area contributed by atoms with Crippen molar-refractivity contribution in [3.05, 3.63) is 94.8 Å². The first-order chi connectivity index (χ1) is 16.0. The maximum atomic E-state index is 12.8. The van der Waals surface area contributed by atoms with Crippen LogP contribution in [0.1, 0.15) is 28.2 Å². The van der Waals surface area contributed by atoms with E-state index in [9.17, 15) is 9.59 Å². The van der Waals surface area contributed by atoms with Crippen LogP contribution in [0.15, 0.2) is 72.8 Å². The van der Waals surface area contributed by atoms with Crippen LogP contribution in [0.2, 0.25) is 5.02 Å². The van der Waals surface area contributed by atoms with Crippen molar-refractivity contribution in [1.29, 1.82) is 0 Å². The fraction of sp³-hybridized carbons (Fsp3) is 0.192. The minimum Gasteiger partial charge on any atom is -0.352 e. The van der Waals surface area contributed by atoms with Crippen molar-refractivity contribution in [3.8, 4) is 0 Å². The molecule has 0 saturated heterocycles. The highest BCUT2D eigenvalue weighted by Gasteiger charge is 2.14. The zero-order valence-corrected chi connectivity index (χ0v) is 19.1. The van der Waals surface area contributed by atoms with Gasteiger partial charge in [-0.3, -0.25) is 9.59 Å². The van der Waals surface area contributed by atoms with Gasteiger partial charge in [-0.2, -0.15) is 0 Å². The maximum Gasteiger partial charge on any atom is 0.252 e. The van der Waals surface area contributed by atoms with Gasteiger partial charge < -0.3 is 15.2 Å². The zero-order chi connectivity index (χ0) is 23.2. The molecule has 0 saturated carbocycles. The van der Waals surface area contributed by atoms with Crippen LogP contribution in [0.4, 0.5) is 5.69 Å². The molecule has 0 aliphatic heterocycles. The summed E-state index contributed by atoms with van der Waals surface area (Å²) in [6.07, 6.45) is 1.30. The number of aromatic nitrogens is 2. The summed E-state index contributed by atoms with van der Waals surface area (Å²) in [6.45, 7) is 2.63. The van der Waals surface area contributed by atoms with Crippen molar-refractivity contribution in [3.63, 3.8) is 0 Å². The van der Waals surface area contributed by atoms with Gasteiger partial charge in [0.2, 0.25) is 5.91 Å². The number of nitrogens with zero attached hydrogens (tertiary/aromatic N) is 2. The van der Waals surface area contributed by atoms with Crippen LogP contribution in [0.5, 0.6) is 0 Å². The summed E-state index contributed by atoms with van der Waals surface area (Å²) in [6, 6.07) is 22.5. The molecule has 33 heavy (non-hydrogen) atoms. The predicted molar refractivity (Wildman–Crippen MR) is 132 cm³/mol. The maximum absolute atomic E-state index is 12.8. The minimum absolute atomic E-state index is 0.114. The van der Waals surface area contributed by atoms with Crippen LogP contribution in [-0.2, 0) is 17.8 Å². The third kappa shape index (κ3) is 5.59. The number of carbonyl (C=O) groups excluding carboxylic acids is 2. The standard InChI is InChI=1S/C26H25ClN4O2/c1-18-8-6-9-19(16-18)29-25(32)17-31-23-13-5-4-12-22(23)30-24(31)14-7-15-28-26(33)20-10-2-3-11-21(20)27/h2-6,8-13,16H,7,14-15,17H2,1H3,(H,28,33)(H,29,32). The monoisotopic (exact) mass is 460 g/mol. The van der Waals surface area contributed by atoms with E-state index in [-0.39, 0.29) is 18.4 Å². The van der Waals surface area contributed by atoms with Crippen molar-refractivity contribution >= 4 is 40.1 Å². The number of benzene rings is 3.